The molecule has 0 saturated carbocycles. The molecule has 120 valence electrons. The van der Waals surface area contributed by atoms with Gasteiger partial charge >= 0.3 is 12.0 Å². The maximum Gasteiger partial charge on any atom is 0.317 e. The lowest BCUT2D eigenvalue weighted by Crippen LogP contribution is -2.46. The van der Waals surface area contributed by atoms with Gasteiger partial charge in [-0.25, -0.2) is 9.18 Å². The predicted molar refractivity (Wildman–Crippen MR) is 77.2 cm³/mol. The molecule has 1 aromatic carbocycles. The lowest BCUT2D eigenvalue weighted by molar-refractivity contribution is -0.143. The highest BCUT2D eigenvalue weighted by Crippen LogP contribution is 2.17. The Morgan fingerprint density at radius 1 is 1.27 bits per heavy atom. The van der Waals surface area contributed by atoms with Crippen LogP contribution >= 0.6 is 0 Å². The number of nitrogens with zero attached hydrogens (tertiary/aromatic N) is 1. The minimum atomic E-state index is -0.798. The average Bonchev–Trinajstić information content (AvgIpc) is 2.53. The Kier molecular flexibility index (Phi) is 5.57. The molecular formula is C15H19FN2O4. The number of carboxylic acids is 1. The molecule has 1 aliphatic heterocycles. The summed E-state index contributed by atoms with van der Waals surface area (Å²) in [5.41, 5.74) is 0. The van der Waals surface area contributed by atoms with Crippen molar-refractivity contribution in [2.24, 2.45) is 5.92 Å². The predicted octanol–water partition coefficient (Wildman–Crippen LogP) is 1.71. The van der Waals surface area contributed by atoms with E-state index < -0.39 is 5.97 Å². The van der Waals surface area contributed by atoms with Gasteiger partial charge in [-0.15, -0.1) is 0 Å². The summed E-state index contributed by atoms with van der Waals surface area (Å²) >= 11 is 0. The summed E-state index contributed by atoms with van der Waals surface area (Å²) in [4.78, 5) is 24.3. The lowest BCUT2D eigenvalue weighted by atomic mass is 9.97. The molecule has 1 heterocycles. The van der Waals surface area contributed by atoms with Gasteiger partial charge in [-0.05, 0) is 37.1 Å². The zero-order chi connectivity index (χ0) is 15.9. The van der Waals surface area contributed by atoms with Crippen LogP contribution in [-0.4, -0.2) is 48.2 Å². The van der Waals surface area contributed by atoms with Crippen molar-refractivity contribution in [1.29, 1.82) is 0 Å². The highest BCUT2D eigenvalue weighted by molar-refractivity contribution is 5.75. The maximum absolute atomic E-state index is 12.7. The van der Waals surface area contributed by atoms with Gasteiger partial charge in [0.25, 0.3) is 0 Å². The van der Waals surface area contributed by atoms with E-state index in [1.54, 1.807) is 4.90 Å². The number of rotatable bonds is 5. The number of ether oxygens (including phenoxy) is 1. The Morgan fingerprint density at radius 2 is 1.91 bits per heavy atom. The molecule has 0 spiro atoms. The molecule has 2 N–H and O–H groups in total. The quantitative estimate of drug-likeness (QED) is 0.812. The lowest BCUT2D eigenvalue weighted by Gasteiger charge is -2.30. The first-order valence-corrected chi connectivity index (χ1v) is 7.20. The summed E-state index contributed by atoms with van der Waals surface area (Å²) in [7, 11) is 0. The molecule has 0 atom stereocenters. The van der Waals surface area contributed by atoms with Crippen molar-refractivity contribution in [3.63, 3.8) is 0 Å². The third-order valence-corrected chi connectivity index (χ3v) is 3.59. The van der Waals surface area contributed by atoms with Gasteiger partial charge in [-0.3, -0.25) is 4.79 Å². The fourth-order valence-electron chi connectivity index (χ4n) is 2.30. The monoisotopic (exact) mass is 310 g/mol. The van der Waals surface area contributed by atoms with Gasteiger partial charge in [0.15, 0.2) is 0 Å². The largest absolute Gasteiger partial charge is 0.492 e. The molecule has 22 heavy (non-hydrogen) atoms. The van der Waals surface area contributed by atoms with Crippen LogP contribution in [-0.2, 0) is 4.79 Å². The number of likely N-dealkylation sites (tertiary alicyclic amines) is 1. The number of urea groups is 1. The van der Waals surface area contributed by atoms with E-state index in [0.717, 1.165) is 0 Å². The van der Waals surface area contributed by atoms with E-state index in [1.165, 1.54) is 24.3 Å². The zero-order valence-electron chi connectivity index (χ0n) is 12.1. The van der Waals surface area contributed by atoms with Crippen LogP contribution in [0.3, 0.4) is 0 Å². The number of piperidine rings is 1. The molecule has 6 nitrogen and oxygen atoms in total. The fraction of sp³-hybridized carbons (Fsp3) is 0.467. The Bertz CT molecular complexity index is 513. The number of carboxylic acid groups (broad SMARTS) is 1. The molecular weight excluding hydrogens is 291 g/mol. The van der Waals surface area contributed by atoms with Crippen LogP contribution in [0, 0.1) is 11.7 Å². The molecule has 2 amide bonds. The van der Waals surface area contributed by atoms with Crippen LogP contribution < -0.4 is 10.1 Å². The van der Waals surface area contributed by atoms with Crippen LogP contribution in [0.2, 0.25) is 0 Å². The molecule has 1 aromatic rings. The van der Waals surface area contributed by atoms with E-state index in [4.69, 9.17) is 9.84 Å². The molecule has 1 fully saturated rings. The molecule has 0 bridgehead atoms. The first kappa shape index (κ1) is 16.1. The molecule has 0 radical (unpaired) electrons. The van der Waals surface area contributed by atoms with Gasteiger partial charge in [0.05, 0.1) is 12.5 Å². The van der Waals surface area contributed by atoms with Gasteiger partial charge in [0.2, 0.25) is 0 Å². The molecule has 0 aliphatic carbocycles. The Hall–Kier alpha value is -2.31. The molecule has 0 unspecified atom stereocenters. The zero-order valence-corrected chi connectivity index (χ0v) is 12.1. The standard InChI is InChI=1S/C15H19FN2O4/c16-12-1-3-13(4-2-12)22-10-7-17-15(21)18-8-5-11(6-9-18)14(19)20/h1-4,11H,5-10H2,(H,17,21)(H,19,20). The minimum absolute atomic E-state index is 0.216. The Labute approximate surface area is 127 Å². The maximum atomic E-state index is 12.7. The second kappa shape index (κ2) is 7.63. The number of carbonyl (C=O) groups is 2. The molecule has 1 saturated heterocycles. The van der Waals surface area contributed by atoms with Crippen molar-refractivity contribution in [2.75, 3.05) is 26.2 Å². The van der Waals surface area contributed by atoms with E-state index in [1.807, 2.05) is 0 Å². The van der Waals surface area contributed by atoms with Gasteiger partial charge in [-0.1, -0.05) is 0 Å². The van der Waals surface area contributed by atoms with E-state index >= 15 is 0 Å². The molecule has 7 heteroatoms. The highest BCUT2D eigenvalue weighted by Gasteiger charge is 2.26. The van der Waals surface area contributed by atoms with Crippen molar-refractivity contribution in [2.45, 2.75) is 12.8 Å². The Balaban J connectivity index is 1.64. The number of aliphatic carboxylic acids is 1. The minimum Gasteiger partial charge on any atom is -0.492 e. The second-order valence-electron chi connectivity index (χ2n) is 5.13. The van der Waals surface area contributed by atoms with Gasteiger partial charge in [-0.2, -0.15) is 0 Å². The van der Waals surface area contributed by atoms with Crippen molar-refractivity contribution in [3.05, 3.63) is 30.1 Å². The van der Waals surface area contributed by atoms with E-state index in [9.17, 15) is 14.0 Å². The summed E-state index contributed by atoms with van der Waals surface area (Å²) in [6.07, 6.45) is 0.962. The van der Waals surface area contributed by atoms with Gasteiger partial charge in [0.1, 0.15) is 18.2 Å². The van der Waals surface area contributed by atoms with E-state index in [-0.39, 0.29) is 24.4 Å². The smallest absolute Gasteiger partial charge is 0.317 e. The second-order valence-corrected chi connectivity index (χ2v) is 5.13. The highest BCUT2D eigenvalue weighted by atomic mass is 19.1. The molecule has 0 aromatic heterocycles. The Morgan fingerprint density at radius 3 is 2.50 bits per heavy atom. The SMILES string of the molecule is O=C(O)C1CCN(C(=O)NCCOc2ccc(F)cc2)CC1. The van der Waals surface area contributed by atoms with Crippen LogP contribution in [0.25, 0.3) is 0 Å². The van der Waals surface area contributed by atoms with Crippen LogP contribution in [0.5, 0.6) is 5.75 Å². The summed E-state index contributed by atoms with van der Waals surface area (Å²) in [5, 5.41) is 11.6. The van der Waals surface area contributed by atoms with E-state index in [2.05, 4.69) is 5.32 Å². The van der Waals surface area contributed by atoms with Crippen LogP contribution in [0.1, 0.15) is 12.8 Å². The van der Waals surface area contributed by atoms with Crippen molar-refractivity contribution >= 4 is 12.0 Å². The third kappa shape index (κ3) is 4.61. The molecule has 1 aliphatic rings. The summed E-state index contributed by atoms with van der Waals surface area (Å²) < 4.78 is 18.1. The number of nitrogens with one attached hydrogen (secondary N) is 1. The number of hydrogen-bond acceptors (Lipinski definition) is 3. The average molecular weight is 310 g/mol. The molecule has 2 rings (SSSR count). The van der Waals surface area contributed by atoms with E-state index in [0.29, 0.717) is 38.2 Å². The number of benzene rings is 1. The van der Waals surface area contributed by atoms with Gasteiger partial charge in [0, 0.05) is 13.1 Å². The summed E-state index contributed by atoms with van der Waals surface area (Å²) in [5.74, 6) is -0.943. The number of amides is 2. The van der Waals surface area contributed by atoms with Crippen molar-refractivity contribution < 1.29 is 23.8 Å². The number of hydrogen-bond donors (Lipinski definition) is 2. The topological polar surface area (TPSA) is 78.9 Å². The first-order chi connectivity index (χ1) is 10.6. The van der Waals surface area contributed by atoms with Crippen LogP contribution in [0.15, 0.2) is 24.3 Å². The van der Waals surface area contributed by atoms with Crippen molar-refractivity contribution in [3.8, 4) is 5.75 Å². The van der Waals surface area contributed by atoms with Crippen molar-refractivity contribution in [1.82, 2.24) is 10.2 Å². The first-order valence-electron chi connectivity index (χ1n) is 7.20. The summed E-state index contributed by atoms with van der Waals surface area (Å²) in [6, 6.07) is 5.44. The number of halogens is 1. The normalized spacial score (nSPS) is 15.4. The summed E-state index contributed by atoms with van der Waals surface area (Å²) in [6.45, 7) is 1.50. The third-order valence-electron chi connectivity index (χ3n) is 3.59. The van der Waals surface area contributed by atoms with Gasteiger partial charge < -0.3 is 20.1 Å². The fourth-order valence-corrected chi connectivity index (χ4v) is 2.30. The van der Waals surface area contributed by atoms with Crippen LogP contribution in [0.4, 0.5) is 9.18 Å². The number of carbonyl (C=O) groups excluding carboxylic acids is 1.